The van der Waals surface area contributed by atoms with E-state index in [0.29, 0.717) is 6.10 Å². The van der Waals surface area contributed by atoms with Crippen LogP contribution in [0.1, 0.15) is 19.8 Å². The average Bonchev–Trinajstić information content (AvgIpc) is 2.03. The summed E-state index contributed by atoms with van der Waals surface area (Å²) in [6.07, 6.45) is 2.50. The molecule has 1 heterocycles. The molecule has 0 aromatic rings. The fraction of sp³-hybridized carbons (Fsp3) is 1.00. The fourth-order valence-corrected chi connectivity index (χ4v) is 1.75. The molecule has 0 aromatic heterocycles. The van der Waals surface area contributed by atoms with E-state index in [1.54, 1.807) is 7.11 Å². The molecule has 12 heavy (non-hydrogen) atoms. The maximum absolute atomic E-state index is 9.18. The van der Waals surface area contributed by atoms with Crippen molar-refractivity contribution in [2.45, 2.75) is 32.0 Å². The molecule has 0 spiro atoms. The summed E-state index contributed by atoms with van der Waals surface area (Å²) in [6.45, 7) is 4.68. The Morgan fingerprint density at radius 2 is 2.42 bits per heavy atom. The normalized spacial score (nSPS) is 28.8. The largest absolute Gasteiger partial charge is 0.392 e. The van der Waals surface area contributed by atoms with E-state index in [1.807, 2.05) is 6.92 Å². The smallest absolute Gasteiger partial charge is 0.0698 e. The first kappa shape index (κ1) is 9.96. The van der Waals surface area contributed by atoms with Crippen molar-refractivity contribution in [1.82, 2.24) is 4.90 Å². The number of hydrogen-bond acceptors (Lipinski definition) is 3. The van der Waals surface area contributed by atoms with Gasteiger partial charge >= 0.3 is 0 Å². The monoisotopic (exact) mass is 173 g/mol. The van der Waals surface area contributed by atoms with Gasteiger partial charge in [0.2, 0.25) is 0 Å². The van der Waals surface area contributed by atoms with E-state index < -0.39 is 0 Å². The third-order valence-corrected chi connectivity index (χ3v) is 2.32. The number of nitrogens with zero attached hydrogens (tertiary/aromatic N) is 1. The van der Waals surface area contributed by atoms with Gasteiger partial charge in [0.15, 0.2) is 0 Å². The second kappa shape index (κ2) is 4.80. The number of likely N-dealkylation sites (tertiary alicyclic amines) is 1. The number of β-amino-alcohol motifs (C(OH)–C–C–N with tert-alkyl or cyclic N) is 1. The topological polar surface area (TPSA) is 32.7 Å². The molecular weight excluding hydrogens is 154 g/mol. The molecule has 0 saturated carbocycles. The van der Waals surface area contributed by atoms with Gasteiger partial charge in [0, 0.05) is 20.2 Å². The Bertz CT molecular complexity index is 128. The third-order valence-electron chi connectivity index (χ3n) is 2.32. The Morgan fingerprint density at radius 3 is 3.00 bits per heavy atom. The van der Waals surface area contributed by atoms with Crippen molar-refractivity contribution in [2.75, 3.05) is 26.7 Å². The standard InChI is InChI=1S/C9H19NO2/c1-8(11)6-10-5-3-4-9(7-10)12-2/h8-9,11H,3-7H2,1-2H3/t8-,9?/m1/s1. The molecule has 0 aromatic carbocycles. The maximum Gasteiger partial charge on any atom is 0.0698 e. The van der Waals surface area contributed by atoms with Gasteiger partial charge in [-0.05, 0) is 26.3 Å². The summed E-state index contributed by atoms with van der Waals surface area (Å²) in [5.41, 5.74) is 0. The summed E-state index contributed by atoms with van der Waals surface area (Å²) in [6, 6.07) is 0. The lowest BCUT2D eigenvalue weighted by molar-refractivity contribution is 0.0159. The zero-order valence-electron chi connectivity index (χ0n) is 7.99. The second-order valence-electron chi connectivity index (χ2n) is 3.61. The first-order chi connectivity index (χ1) is 5.72. The third kappa shape index (κ3) is 3.09. The van der Waals surface area contributed by atoms with Gasteiger partial charge in [-0.25, -0.2) is 0 Å². The van der Waals surface area contributed by atoms with Crippen molar-refractivity contribution < 1.29 is 9.84 Å². The van der Waals surface area contributed by atoms with Gasteiger partial charge in [0.25, 0.3) is 0 Å². The Labute approximate surface area is 74.3 Å². The van der Waals surface area contributed by atoms with Crippen molar-refractivity contribution in [3.05, 3.63) is 0 Å². The maximum atomic E-state index is 9.18. The van der Waals surface area contributed by atoms with Crippen LogP contribution in [0.3, 0.4) is 0 Å². The van der Waals surface area contributed by atoms with Crippen LogP contribution >= 0.6 is 0 Å². The zero-order chi connectivity index (χ0) is 8.97. The van der Waals surface area contributed by atoms with Crippen molar-refractivity contribution in [3.8, 4) is 0 Å². The van der Waals surface area contributed by atoms with Crippen molar-refractivity contribution in [1.29, 1.82) is 0 Å². The van der Waals surface area contributed by atoms with Crippen molar-refractivity contribution >= 4 is 0 Å². The van der Waals surface area contributed by atoms with Crippen LogP contribution in [0.4, 0.5) is 0 Å². The predicted molar refractivity (Wildman–Crippen MR) is 48.2 cm³/mol. The quantitative estimate of drug-likeness (QED) is 0.673. The first-order valence-electron chi connectivity index (χ1n) is 4.65. The number of rotatable bonds is 3. The number of ether oxygens (including phenoxy) is 1. The van der Waals surface area contributed by atoms with Gasteiger partial charge in [-0.1, -0.05) is 0 Å². The van der Waals surface area contributed by atoms with E-state index in [9.17, 15) is 5.11 Å². The summed E-state index contributed by atoms with van der Waals surface area (Å²) in [7, 11) is 1.76. The summed E-state index contributed by atoms with van der Waals surface area (Å²) < 4.78 is 5.28. The molecule has 0 amide bonds. The van der Waals surface area contributed by atoms with Crippen LogP contribution < -0.4 is 0 Å². The number of aliphatic hydroxyl groups is 1. The van der Waals surface area contributed by atoms with Crippen LogP contribution in [-0.4, -0.2) is 49.0 Å². The summed E-state index contributed by atoms with van der Waals surface area (Å²) in [5.74, 6) is 0. The van der Waals surface area contributed by atoms with Crippen LogP contribution in [0, 0.1) is 0 Å². The van der Waals surface area contributed by atoms with Gasteiger partial charge < -0.3 is 9.84 Å². The molecule has 0 bridgehead atoms. The first-order valence-corrected chi connectivity index (χ1v) is 4.65. The predicted octanol–water partition coefficient (Wildman–Crippen LogP) is 0.478. The lowest BCUT2D eigenvalue weighted by Crippen LogP contribution is -2.42. The Balaban J connectivity index is 2.25. The fourth-order valence-electron chi connectivity index (χ4n) is 1.75. The van der Waals surface area contributed by atoms with Gasteiger partial charge in [0.05, 0.1) is 12.2 Å². The highest BCUT2D eigenvalue weighted by molar-refractivity contribution is 4.73. The summed E-state index contributed by atoms with van der Waals surface area (Å²) in [5, 5.41) is 9.18. The van der Waals surface area contributed by atoms with Crippen LogP contribution in [0.15, 0.2) is 0 Å². The summed E-state index contributed by atoms with van der Waals surface area (Å²) in [4.78, 5) is 2.27. The molecule has 1 aliphatic heterocycles. The molecule has 72 valence electrons. The van der Waals surface area contributed by atoms with E-state index in [0.717, 1.165) is 26.1 Å². The number of methoxy groups -OCH3 is 1. The molecule has 1 aliphatic rings. The van der Waals surface area contributed by atoms with E-state index in [2.05, 4.69) is 4.90 Å². The minimum absolute atomic E-state index is 0.222. The number of piperidine rings is 1. The van der Waals surface area contributed by atoms with Gasteiger partial charge in [-0.3, -0.25) is 4.90 Å². The summed E-state index contributed by atoms with van der Waals surface area (Å²) >= 11 is 0. The molecule has 0 aliphatic carbocycles. The van der Waals surface area contributed by atoms with Crippen LogP contribution in [0.25, 0.3) is 0 Å². The number of aliphatic hydroxyl groups excluding tert-OH is 1. The lowest BCUT2D eigenvalue weighted by Gasteiger charge is -2.32. The van der Waals surface area contributed by atoms with Crippen molar-refractivity contribution in [2.24, 2.45) is 0 Å². The van der Waals surface area contributed by atoms with E-state index in [1.165, 1.54) is 6.42 Å². The van der Waals surface area contributed by atoms with Gasteiger partial charge in [-0.2, -0.15) is 0 Å². The van der Waals surface area contributed by atoms with E-state index in [-0.39, 0.29) is 6.10 Å². The average molecular weight is 173 g/mol. The van der Waals surface area contributed by atoms with Crippen LogP contribution in [0.5, 0.6) is 0 Å². The minimum Gasteiger partial charge on any atom is -0.392 e. The molecule has 3 heteroatoms. The highest BCUT2D eigenvalue weighted by atomic mass is 16.5. The Kier molecular flexibility index (Phi) is 3.98. The van der Waals surface area contributed by atoms with E-state index >= 15 is 0 Å². The SMILES string of the molecule is COC1CCCN(C[C@@H](C)O)C1. The Morgan fingerprint density at radius 1 is 1.67 bits per heavy atom. The Hall–Kier alpha value is -0.120. The molecule has 1 N–H and O–H groups in total. The van der Waals surface area contributed by atoms with E-state index in [4.69, 9.17) is 4.74 Å². The molecule has 3 nitrogen and oxygen atoms in total. The van der Waals surface area contributed by atoms with Gasteiger partial charge in [-0.15, -0.1) is 0 Å². The molecule has 1 saturated heterocycles. The van der Waals surface area contributed by atoms with Crippen LogP contribution in [0.2, 0.25) is 0 Å². The highest BCUT2D eigenvalue weighted by Crippen LogP contribution is 2.12. The molecule has 1 fully saturated rings. The lowest BCUT2D eigenvalue weighted by atomic mass is 10.1. The second-order valence-corrected chi connectivity index (χ2v) is 3.61. The van der Waals surface area contributed by atoms with Crippen LogP contribution in [-0.2, 0) is 4.74 Å². The molecule has 2 atom stereocenters. The minimum atomic E-state index is -0.222. The van der Waals surface area contributed by atoms with Gasteiger partial charge in [0.1, 0.15) is 0 Å². The number of hydrogen-bond donors (Lipinski definition) is 1. The molecular formula is C9H19NO2. The molecule has 0 radical (unpaired) electrons. The molecule has 1 unspecified atom stereocenters. The molecule has 1 rings (SSSR count). The van der Waals surface area contributed by atoms with Crippen molar-refractivity contribution in [3.63, 3.8) is 0 Å². The highest BCUT2D eigenvalue weighted by Gasteiger charge is 2.19. The zero-order valence-corrected chi connectivity index (χ0v) is 7.99.